The van der Waals surface area contributed by atoms with Crippen LogP contribution < -0.4 is 10.6 Å². The van der Waals surface area contributed by atoms with Crippen molar-refractivity contribution in [2.75, 3.05) is 19.6 Å². The van der Waals surface area contributed by atoms with E-state index in [2.05, 4.69) is 20.5 Å². The third-order valence-electron chi connectivity index (χ3n) is 4.64. The van der Waals surface area contributed by atoms with Gasteiger partial charge in [-0.25, -0.2) is 4.79 Å². The lowest BCUT2D eigenvalue weighted by Crippen LogP contribution is -2.44. The average Bonchev–Trinajstić information content (AvgIpc) is 3.18. The molecule has 0 bridgehead atoms. The number of furan rings is 1. The highest BCUT2D eigenvalue weighted by atomic mass is 16.3. The predicted octanol–water partition coefficient (Wildman–Crippen LogP) is 3.26. The van der Waals surface area contributed by atoms with E-state index in [0.717, 1.165) is 24.5 Å². The van der Waals surface area contributed by atoms with Crippen LogP contribution in [0, 0.1) is 0 Å². The van der Waals surface area contributed by atoms with Crippen LogP contribution in [0.25, 0.3) is 0 Å². The first kappa shape index (κ1) is 17.5. The van der Waals surface area contributed by atoms with E-state index in [0.29, 0.717) is 6.54 Å². The fourth-order valence-electron chi connectivity index (χ4n) is 3.26. The van der Waals surface area contributed by atoms with Crippen LogP contribution >= 0.6 is 0 Å². The summed E-state index contributed by atoms with van der Waals surface area (Å²) in [5.74, 6) is 0.903. The minimum atomic E-state index is -0.188. The minimum absolute atomic E-state index is 0.0752. The predicted molar refractivity (Wildman–Crippen MR) is 96.1 cm³/mol. The Morgan fingerprint density at radius 3 is 2.76 bits per heavy atom. The van der Waals surface area contributed by atoms with Crippen molar-refractivity contribution in [1.29, 1.82) is 0 Å². The Hall–Kier alpha value is -2.34. The first-order chi connectivity index (χ1) is 12.2. The van der Waals surface area contributed by atoms with E-state index in [-0.39, 0.29) is 18.1 Å². The van der Waals surface area contributed by atoms with Crippen molar-refractivity contribution in [2.45, 2.75) is 38.3 Å². The fraction of sp³-hybridized carbons (Fsp3) is 0.474. The maximum atomic E-state index is 12.3. The van der Waals surface area contributed by atoms with E-state index in [4.69, 9.17) is 4.42 Å². The number of likely N-dealkylation sites (tertiary alicyclic amines) is 1. The number of piperidine rings is 1. The van der Waals surface area contributed by atoms with Gasteiger partial charge < -0.3 is 15.1 Å². The van der Waals surface area contributed by atoms with Crippen LogP contribution in [-0.4, -0.2) is 35.5 Å². The largest absolute Gasteiger partial charge is 0.468 e. The maximum absolute atomic E-state index is 12.3. The van der Waals surface area contributed by atoms with Crippen molar-refractivity contribution >= 4 is 6.03 Å². The smallest absolute Gasteiger partial charge is 0.315 e. The number of urea groups is 1. The molecule has 6 nitrogen and oxygen atoms in total. The van der Waals surface area contributed by atoms with Gasteiger partial charge in [-0.3, -0.25) is 9.88 Å². The molecule has 0 radical (unpaired) electrons. The molecule has 0 saturated carbocycles. The molecule has 2 aromatic heterocycles. The normalized spacial score (nSPS) is 17.6. The van der Waals surface area contributed by atoms with Crippen LogP contribution in [0.3, 0.4) is 0 Å². The monoisotopic (exact) mass is 342 g/mol. The molecule has 134 valence electrons. The molecule has 1 fully saturated rings. The van der Waals surface area contributed by atoms with Crippen LogP contribution in [0.2, 0.25) is 0 Å². The topological polar surface area (TPSA) is 70.4 Å². The number of hydrogen-bond donors (Lipinski definition) is 2. The molecule has 0 aromatic carbocycles. The molecule has 0 aliphatic carbocycles. The molecule has 2 aromatic rings. The van der Waals surface area contributed by atoms with Gasteiger partial charge >= 0.3 is 6.03 Å². The van der Waals surface area contributed by atoms with Crippen LogP contribution in [0.4, 0.5) is 4.79 Å². The number of nitrogens with one attached hydrogen (secondary N) is 2. The Labute approximate surface area is 148 Å². The number of aromatic nitrogens is 1. The molecule has 2 unspecified atom stereocenters. The van der Waals surface area contributed by atoms with E-state index in [1.807, 2.05) is 37.3 Å². The van der Waals surface area contributed by atoms with Crippen molar-refractivity contribution in [1.82, 2.24) is 20.5 Å². The Morgan fingerprint density at radius 1 is 1.24 bits per heavy atom. The Balaban J connectivity index is 1.56. The molecule has 1 saturated heterocycles. The summed E-state index contributed by atoms with van der Waals surface area (Å²) in [4.78, 5) is 19.0. The van der Waals surface area contributed by atoms with Gasteiger partial charge in [0, 0.05) is 12.7 Å². The minimum Gasteiger partial charge on any atom is -0.468 e. The summed E-state index contributed by atoms with van der Waals surface area (Å²) >= 11 is 0. The van der Waals surface area contributed by atoms with Gasteiger partial charge in [0.25, 0.3) is 0 Å². The number of carbonyl (C=O) groups excluding carboxylic acids is 1. The summed E-state index contributed by atoms with van der Waals surface area (Å²) in [6.45, 7) is 4.53. The number of amides is 2. The molecule has 1 aliphatic rings. The molecular weight excluding hydrogens is 316 g/mol. The van der Waals surface area contributed by atoms with E-state index in [1.165, 1.54) is 19.3 Å². The van der Waals surface area contributed by atoms with Gasteiger partial charge in [-0.2, -0.15) is 0 Å². The van der Waals surface area contributed by atoms with Crippen LogP contribution in [0.5, 0.6) is 0 Å². The first-order valence-corrected chi connectivity index (χ1v) is 8.97. The van der Waals surface area contributed by atoms with Crippen molar-refractivity contribution in [2.24, 2.45) is 0 Å². The lowest BCUT2D eigenvalue weighted by Gasteiger charge is -2.33. The average molecular weight is 342 g/mol. The molecule has 0 spiro atoms. The zero-order chi connectivity index (χ0) is 17.5. The highest BCUT2D eigenvalue weighted by molar-refractivity contribution is 5.74. The Morgan fingerprint density at radius 2 is 2.08 bits per heavy atom. The van der Waals surface area contributed by atoms with E-state index in [9.17, 15) is 4.79 Å². The van der Waals surface area contributed by atoms with Crippen LogP contribution in [-0.2, 0) is 0 Å². The molecule has 1 aliphatic heterocycles. The second-order valence-electron chi connectivity index (χ2n) is 6.46. The first-order valence-electron chi connectivity index (χ1n) is 8.97. The molecule has 3 rings (SSSR count). The third kappa shape index (κ3) is 4.82. The van der Waals surface area contributed by atoms with Gasteiger partial charge in [-0.1, -0.05) is 12.5 Å². The van der Waals surface area contributed by atoms with Crippen LogP contribution in [0.15, 0.2) is 47.2 Å². The maximum Gasteiger partial charge on any atom is 0.315 e. The lowest BCUT2D eigenvalue weighted by atomic mass is 10.1. The lowest BCUT2D eigenvalue weighted by molar-refractivity contribution is 0.143. The highest BCUT2D eigenvalue weighted by Crippen LogP contribution is 2.24. The van der Waals surface area contributed by atoms with Gasteiger partial charge in [0.2, 0.25) is 0 Å². The van der Waals surface area contributed by atoms with Crippen molar-refractivity contribution in [3.05, 3.63) is 54.2 Å². The third-order valence-corrected chi connectivity index (χ3v) is 4.64. The number of nitrogens with zero attached hydrogens (tertiary/aromatic N) is 2. The summed E-state index contributed by atoms with van der Waals surface area (Å²) < 4.78 is 5.61. The number of rotatable bonds is 6. The second kappa shape index (κ2) is 8.67. The summed E-state index contributed by atoms with van der Waals surface area (Å²) in [6, 6.07) is 9.32. The van der Waals surface area contributed by atoms with Gasteiger partial charge in [-0.05, 0) is 57.1 Å². The van der Waals surface area contributed by atoms with E-state index < -0.39 is 0 Å². The van der Waals surface area contributed by atoms with Gasteiger partial charge in [-0.15, -0.1) is 0 Å². The molecule has 2 atom stereocenters. The van der Waals surface area contributed by atoms with Gasteiger partial charge in [0.15, 0.2) is 0 Å². The quantitative estimate of drug-likeness (QED) is 0.845. The van der Waals surface area contributed by atoms with Gasteiger partial charge in [0.05, 0.1) is 24.0 Å². The number of carbonyl (C=O) groups is 1. The molecule has 3 heterocycles. The van der Waals surface area contributed by atoms with E-state index in [1.54, 1.807) is 12.5 Å². The molecule has 25 heavy (non-hydrogen) atoms. The Kier molecular flexibility index (Phi) is 6.06. The Bertz CT molecular complexity index is 639. The zero-order valence-corrected chi connectivity index (χ0v) is 14.6. The van der Waals surface area contributed by atoms with Gasteiger partial charge in [0.1, 0.15) is 5.76 Å². The summed E-state index contributed by atoms with van der Waals surface area (Å²) in [5.41, 5.74) is 0.844. The zero-order valence-electron chi connectivity index (χ0n) is 14.6. The SMILES string of the molecule is CC(NC(=O)NCC(c1ccco1)N1CCCCC1)c1ccccn1. The van der Waals surface area contributed by atoms with Crippen molar-refractivity contribution in [3.63, 3.8) is 0 Å². The standard InChI is InChI=1S/C19H26N4O2/c1-15(16-8-3-4-10-20-16)22-19(24)21-14-17(18-9-7-13-25-18)23-11-5-2-6-12-23/h3-4,7-10,13,15,17H,2,5-6,11-12,14H2,1H3,(H2,21,22,24). The number of pyridine rings is 1. The summed E-state index contributed by atoms with van der Waals surface area (Å²) in [5, 5.41) is 5.93. The van der Waals surface area contributed by atoms with E-state index >= 15 is 0 Å². The van der Waals surface area contributed by atoms with Crippen molar-refractivity contribution in [3.8, 4) is 0 Å². The molecular formula is C19H26N4O2. The van der Waals surface area contributed by atoms with Crippen molar-refractivity contribution < 1.29 is 9.21 Å². The highest BCUT2D eigenvalue weighted by Gasteiger charge is 2.25. The molecule has 6 heteroatoms. The molecule has 2 amide bonds. The van der Waals surface area contributed by atoms with Crippen LogP contribution in [0.1, 0.15) is 49.7 Å². The number of hydrogen-bond acceptors (Lipinski definition) is 4. The fourth-order valence-corrected chi connectivity index (χ4v) is 3.26. The summed E-state index contributed by atoms with van der Waals surface area (Å²) in [7, 11) is 0. The summed E-state index contributed by atoms with van der Waals surface area (Å²) in [6.07, 6.45) is 7.08. The molecule has 2 N–H and O–H groups in total. The second-order valence-corrected chi connectivity index (χ2v) is 6.46.